The van der Waals surface area contributed by atoms with Crippen molar-refractivity contribution in [1.82, 2.24) is 15.1 Å². The van der Waals surface area contributed by atoms with Crippen molar-refractivity contribution < 1.29 is 9.59 Å². The number of carbonyl (C=O) groups excluding carboxylic acids is 2. The monoisotopic (exact) mass is 329 g/mol. The van der Waals surface area contributed by atoms with E-state index in [0.29, 0.717) is 17.8 Å². The van der Waals surface area contributed by atoms with Crippen molar-refractivity contribution in [2.75, 3.05) is 24.2 Å². The summed E-state index contributed by atoms with van der Waals surface area (Å²) in [5.41, 5.74) is 1.29. The average Bonchev–Trinajstić information content (AvgIpc) is 3.09. The van der Waals surface area contributed by atoms with Crippen molar-refractivity contribution in [2.45, 2.75) is 25.8 Å². The number of hydrogen-bond acceptors (Lipinski definition) is 4. The molecule has 0 aliphatic rings. The number of nitrogens with one attached hydrogen (secondary N) is 3. The zero-order valence-corrected chi connectivity index (χ0v) is 14.0. The third kappa shape index (κ3) is 5.20. The van der Waals surface area contributed by atoms with Crippen molar-refractivity contribution in [3.05, 3.63) is 42.7 Å². The van der Waals surface area contributed by atoms with Crippen LogP contribution < -0.4 is 16.0 Å². The molecule has 0 aliphatic heterocycles. The van der Waals surface area contributed by atoms with Crippen LogP contribution >= 0.6 is 0 Å². The van der Waals surface area contributed by atoms with Crippen LogP contribution in [0.5, 0.6) is 0 Å². The number of benzene rings is 1. The lowest BCUT2D eigenvalue weighted by molar-refractivity contribution is -0.119. The first-order valence-electron chi connectivity index (χ1n) is 7.94. The number of aromatic nitrogens is 2. The molecule has 1 unspecified atom stereocenters. The second-order valence-electron chi connectivity index (χ2n) is 5.49. The molecule has 2 aromatic rings. The molecule has 128 valence electrons. The highest BCUT2D eigenvalue weighted by Crippen LogP contribution is 2.17. The minimum absolute atomic E-state index is 0.0429. The van der Waals surface area contributed by atoms with Gasteiger partial charge in [-0.05, 0) is 51.2 Å². The van der Waals surface area contributed by atoms with Crippen molar-refractivity contribution >= 4 is 23.2 Å². The Morgan fingerprint density at radius 2 is 1.96 bits per heavy atom. The Morgan fingerprint density at radius 3 is 2.62 bits per heavy atom. The number of anilines is 2. The van der Waals surface area contributed by atoms with Crippen LogP contribution in [0, 0.1) is 0 Å². The molecule has 1 heterocycles. The quantitative estimate of drug-likeness (QED) is 0.647. The fourth-order valence-electron chi connectivity index (χ4n) is 2.20. The molecule has 0 aliphatic carbocycles. The molecule has 1 aromatic carbocycles. The van der Waals surface area contributed by atoms with Crippen LogP contribution in [0.25, 0.3) is 0 Å². The van der Waals surface area contributed by atoms with Gasteiger partial charge in [-0.1, -0.05) is 6.07 Å². The second-order valence-corrected chi connectivity index (χ2v) is 5.49. The normalized spacial score (nSPS) is 11.8. The number of nitrogens with zero attached hydrogens (tertiary/aromatic N) is 2. The van der Waals surface area contributed by atoms with Gasteiger partial charge in [0.25, 0.3) is 0 Å². The van der Waals surface area contributed by atoms with E-state index in [1.54, 1.807) is 54.3 Å². The summed E-state index contributed by atoms with van der Waals surface area (Å²) in [4.78, 5) is 24.1. The largest absolute Gasteiger partial charge is 0.326 e. The smallest absolute Gasteiger partial charge is 0.248 e. The fourth-order valence-corrected chi connectivity index (χ4v) is 2.20. The van der Waals surface area contributed by atoms with Gasteiger partial charge in [-0.2, -0.15) is 5.10 Å². The van der Waals surface area contributed by atoms with Gasteiger partial charge in [0, 0.05) is 30.2 Å². The Balaban J connectivity index is 1.92. The topological polar surface area (TPSA) is 88.0 Å². The third-order valence-electron chi connectivity index (χ3n) is 3.55. The van der Waals surface area contributed by atoms with Crippen LogP contribution in [-0.2, 0) is 9.59 Å². The average molecular weight is 329 g/mol. The predicted octanol–water partition coefficient (Wildman–Crippen LogP) is 2.02. The highest BCUT2D eigenvalue weighted by Gasteiger charge is 2.15. The predicted molar refractivity (Wildman–Crippen MR) is 93.8 cm³/mol. The summed E-state index contributed by atoms with van der Waals surface area (Å²) in [5, 5.41) is 12.7. The summed E-state index contributed by atoms with van der Waals surface area (Å²) in [7, 11) is 1.86. The van der Waals surface area contributed by atoms with Crippen molar-refractivity contribution in [1.29, 1.82) is 0 Å². The maximum absolute atomic E-state index is 12.3. The molecular formula is C17H23N5O2. The molecule has 0 bridgehead atoms. The maximum Gasteiger partial charge on any atom is 0.248 e. The molecule has 1 aromatic heterocycles. The molecule has 0 radical (unpaired) electrons. The van der Waals surface area contributed by atoms with Gasteiger partial charge in [-0.25, -0.2) is 0 Å². The summed E-state index contributed by atoms with van der Waals surface area (Å²) >= 11 is 0. The van der Waals surface area contributed by atoms with E-state index in [0.717, 1.165) is 13.0 Å². The molecule has 24 heavy (non-hydrogen) atoms. The van der Waals surface area contributed by atoms with Gasteiger partial charge in [0.2, 0.25) is 11.8 Å². The van der Waals surface area contributed by atoms with E-state index in [1.807, 2.05) is 7.05 Å². The molecule has 7 heteroatoms. The Labute approximate surface area is 141 Å². The molecule has 2 rings (SSSR count). The summed E-state index contributed by atoms with van der Waals surface area (Å²) < 4.78 is 1.59. The summed E-state index contributed by atoms with van der Waals surface area (Å²) in [6, 6.07) is 8.46. The van der Waals surface area contributed by atoms with E-state index in [1.165, 1.54) is 0 Å². The lowest BCUT2D eigenvalue weighted by atomic mass is 10.2. The Bertz CT molecular complexity index is 669. The Hall–Kier alpha value is -2.67. The lowest BCUT2D eigenvalue weighted by Gasteiger charge is -2.13. The molecule has 1 atom stereocenters. The number of hydrogen-bond donors (Lipinski definition) is 3. The molecular weight excluding hydrogens is 306 g/mol. The minimum atomic E-state index is -0.417. The van der Waals surface area contributed by atoms with E-state index in [4.69, 9.17) is 0 Å². The number of rotatable bonds is 8. The van der Waals surface area contributed by atoms with Crippen LogP contribution in [0.15, 0.2) is 42.7 Å². The summed E-state index contributed by atoms with van der Waals surface area (Å²) in [6.45, 7) is 2.57. The minimum Gasteiger partial charge on any atom is -0.326 e. The van der Waals surface area contributed by atoms with Crippen LogP contribution in [-0.4, -0.2) is 35.2 Å². The van der Waals surface area contributed by atoms with Gasteiger partial charge in [0.1, 0.15) is 6.04 Å². The van der Waals surface area contributed by atoms with Crippen LogP contribution in [0.3, 0.4) is 0 Å². The highest BCUT2D eigenvalue weighted by molar-refractivity contribution is 5.95. The summed E-state index contributed by atoms with van der Waals surface area (Å²) in [5.74, 6) is -0.213. The van der Waals surface area contributed by atoms with Crippen LogP contribution in [0.1, 0.15) is 25.8 Å². The standard InChI is InChI=1S/C17H23N5O2/c1-13(22-11-5-10-19-22)17(24)21-15-7-3-6-14(12-15)20-16(23)8-4-9-18-2/h3,5-7,10-13,18H,4,8-9H2,1-2H3,(H,20,23)(H,21,24). The van der Waals surface area contributed by atoms with Crippen LogP contribution in [0.4, 0.5) is 11.4 Å². The summed E-state index contributed by atoms with van der Waals surface area (Å²) in [6.07, 6.45) is 4.61. The maximum atomic E-state index is 12.3. The molecule has 3 N–H and O–H groups in total. The van der Waals surface area contributed by atoms with E-state index in [9.17, 15) is 9.59 Å². The molecule has 2 amide bonds. The first-order valence-corrected chi connectivity index (χ1v) is 7.94. The van der Waals surface area contributed by atoms with Gasteiger partial charge < -0.3 is 16.0 Å². The number of carbonyl (C=O) groups is 2. The highest BCUT2D eigenvalue weighted by atomic mass is 16.2. The number of amides is 2. The second kappa shape index (κ2) is 8.83. The van der Waals surface area contributed by atoms with Crippen molar-refractivity contribution in [2.24, 2.45) is 0 Å². The third-order valence-corrected chi connectivity index (χ3v) is 3.55. The van der Waals surface area contributed by atoms with Gasteiger partial charge in [-0.3, -0.25) is 14.3 Å². The lowest BCUT2D eigenvalue weighted by Crippen LogP contribution is -2.24. The van der Waals surface area contributed by atoms with Gasteiger partial charge >= 0.3 is 0 Å². The van der Waals surface area contributed by atoms with E-state index in [2.05, 4.69) is 21.0 Å². The van der Waals surface area contributed by atoms with E-state index in [-0.39, 0.29) is 11.8 Å². The molecule has 0 spiro atoms. The van der Waals surface area contributed by atoms with Gasteiger partial charge in [-0.15, -0.1) is 0 Å². The van der Waals surface area contributed by atoms with Gasteiger partial charge in [0.15, 0.2) is 0 Å². The molecule has 0 fully saturated rings. The first-order chi connectivity index (χ1) is 11.6. The molecule has 7 nitrogen and oxygen atoms in total. The van der Waals surface area contributed by atoms with Crippen LogP contribution in [0.2, 0.25) is 0 Å². The van der Waals surface area contributed by atoms with Gasteiger partial charge in [0.05, 0.1) is 0 Å². The molecule has 0 saturated carbocycles. The zero-order valence-electron chi connectivity index (χ0n) is 14.0. The van der Waals surface area contributed by atoms with Crippen molar-refractivity contribution in [3.63, 3.8) is 0 Å². The zero-order chi connectivity index (χ0) is 17.4. The first kappa shape index (κ1) is 17.7. The van der Waals surface area contributed by atoms with Crippen molar-refractivity contribution in [3.8, 4) is 0 Å². The molecule has 0 saturated heterocycles. The van der Waals surface area contributed by atoms with E-state index >= 15 is 0 Å². The Kier molecular flexibility index (Phi) is 6.51. The Morgan fingerprint density at radius 1 is 1.21 bits per heavy atom. The SMILES string of the molecule is CNCCCC(=O)Nc1cccc(NC(=O)C(C)n2cccn2)c1. The fraction of sp³-hybridized carbons (Fsp3) is 0.353. The van der Waals surface area contributed by atoms with E-state index < -0.39 is 6.04 Å².